The van der Waals surface area contributed by atoms with Crippen LogP contribution in [0.3, 0.4) is 0 Å². The van der Waals surface area contributed by atoms with Crippen LogP contribution < -0.4 is 10.9 Å². The fourth-order valence-electron chi connectivity index (χ4n) is 2.99. The van der Waals surface area contributed by atoms with Crippen LogP contribution in [0.2, 0.25) is 0 Å². The third kappa shape index (κ3) is 2.59. The molecule has 1 aliphatic rings. The van der Waals surface area contributed by atoms with Crippen LogP contribution in [-0.4, -0.2) is 30.2 Å². The molecule has 128 valence electrons. The molecule has 0 atom stereocenters. The molecule has 1 N–H and O–H groups in total. The molecule has 0 radical (unpaired) electrons. The number of carbonyl (C=O) groups is 1. The summed E-state index contributed by atoms with van der Waals surface area (Å²) in [6.07, 6.45) is 5.18. The second-order valence-electron chi connectivity index (χ2n) is 6.42. The largest absolute Gasteiger partial charge is 0.314 e. The fourth-order valence-corrected chi connectivity index (χ4v) is 2.99. The zero-order valence-electron chi connectivity index (χ0n) is 14.3. The van der Waals surface area contributed by atoms with Crippen LogP contribution in [0.25, 0.3) is 11.0 Å². The van der Waals surface area contributed by atoms with E-state index in [1.807, 2.05) is 20.0 Å². The zero-order valence-corrected chi connectivity index (χ0v) is 14.3. The van der Waals surface area contributed by atoms with E-state index in [4.69, 9.17) is 0 Å². The Bertz CT molecular complexity index is 1060. The fraction of sp³-hybridized carbons (Fsp3) is 0.353. The molecule has 0 saturated heterocycles. The molecule has 3 heterocycles. The third-order valence-corrected chi connectivity index (χ3v) is 4.48. The lowest BCUT2D eigenvalue weighted by Crippen LogP contribution is -2.25. The van der Waals surface area contributed by atoms with Gasteiger partial charge in [0.15, 0.2) is 11.5 Å². The Hall–Kier alpha value is -3.03. The Kier molecular flexibility index (Phi) is 3.41. The minimum Gasteiger partial charge on any atom is -0.314 e. The molecule has 3 aromatic rings. The number of hydrogen-bond acceptors (Lipinski definition) is 5. The minimum atomic E-state index is -0.374. The van der Waals surface area contributed by atoms with Gasteiger partial charge in [0.1, 0.15) is 0 Å². The van der Waals surface area contributed by atoms with E-state index in [-0.39, 0.29) is 17.3 Å². The first-order valence-electron chi connectivity index (χ1n) is 8.13. The second kappa shape index (κ2) is 5.51. The molecule has 1 amide bonds. The van der Waals surface area contributed by atoms with Gasteiger partial charge in [0.2, 0.25) is 0 Å². The van der Waals surface area contributed by atoms with Gasteiger partial charge in [0.25, 0.3) is 11.5 Å². The highest BCUT2D eigenvalue weighted by molar-refractivity contribution is 6.12. The predicted octanol–water partition coefficient (Wildman–Crippen LogP) is 1.50. The van der Waals surface area contributed by atoms with Crippen LogP contribution in [0.4, 0.5) is 5.82 Å². The summed E-state index contributed by atoms with van der Waals surface area (Å²) < 4.78 is 3.06. The van der Waals surface area contributed by atoms with Gasteiger partial charge in [-0.1, -0.05) is 0 Å². The van der Waals surface area contributed by atoms with Gasteiger partial charge < -0.3 is 9.88 Å². The minimum absolute atomic E-state index is 0.00878. The number of rotatable bonds is 3. The number of anilines is 1. The molecule has 1 fully saturated rings. The van der Waals surface area contributed by atoms with Gasteiger partial charge in [-0.05, 0) is 25.8 Å². The third-order valence-electron chi connectivity index (χ3n) is 4.48. The molecule has 0 aliphatic heterocycles. The number of amides is 1. The first-order chi connectivity index (χ1) is 12.0. The van der Waals surface area contributed by atoms with Crippen molar-refractivity contribution in [3.05, 3.63) is 45.8 Å². The Labute approximate surface area is 143 Å². The molecule has 0 bridgehead atoms. The Morgan fingerprint density at radius 2 is 2.08 bits per heavy atom. The van der Waals surface area contributed by atoms with E-state index in [1.54, 1.807) is 17.9 Å². The molecule has 8 heteroatoms. The topological polar surface area (TPSA) is 94.7 Å². The van der Waals surface area contributed by atoms with Crippen LogP contribution in [-0.2, 0) is 14.1 Å². The average molecular weight is 338 g/mol. The summed E-state index contributed by atoms with van der Waals surface area (Å²) in [5.74, 6) is 0.0320. The number of fused-ring (bicyclic) bond motifs is 1. The molecule has 1 saturated carbocycles. The second-order valence-corrected chi connectivity index (χ2v) is 6.42. The molecule has 0 aromatic carbocycles. The number of hydrogen-bond donors (Lipinski definition) is 1. The van der Waals surface area contributed by atoms with Gasteiger partial charge in [0.05, 0.1) is 16.6 Å². The summed E-state index contributed by atoms with van der Waals surface area (Å²) in [5, 5.41) is 7.73. The van der Waals surface area contributed by atoms with E-state index in [0.717, 1.165) is 24.2 Å². The lowest BCUT2D eigenvalue weighted by atomic mass is 10.1. The first kappa shape index (κ1) is 15.5. The van der Waals surface area contributed by atoms with E-state index in [2.05, 4.69) is 20.4 Å². The van der Waals surface area contributed by atoms with Crippen LogP contribution in [0.1, 0.15) is 40.5 Å². The smallest absolute Gasteiger partial charge is 0.293 e. The van der Waals surface area contributed by atoms with Gasteiger partial charge in [0, 0.05) is 38.1 Å². The number of carbonyl (C=O) groups excluding carboxylic acids is 1. The molecule has 25 heavy (non-hydrogen) atoms. The maximum absolute atomic E-state index is 12.9. The van der Waals surface area contributed by atoms with Crippen molar-refractivity contribution in [2.75, 3.05) is 5.32 Å². The van der Waals surface area contributed by atoms with Gasteiger partial charge >= 0.3 is 0 Å². The Balaban J connectivity index is 1.83. The summed E-state index contributed by atoms with van der Waals surface area (Å²) in [5.41, 5.74) is 2.43. The number of nitrogens with one attached hydrogen (secondary N) is 1. The zero-order chi connectivity index (χ0) is 17.7. The van der Waals surface area contributed by atoms with Gasteiger partial charge in [-0.25, -0.2) is 9.97 Å². The van der Waals surface area contributed by atoms with Crippen LogP contribution >= 0.6 is 0 Å². The van der Waals surface area contributed by atoms with Gasteiger partial charge in [-0.3, -0.25) is 14.3 Å². The molecule has 1 aliphatic carbocycles. The van der Waals surface area contributed by atoms with Crippen molar-refractivity contribution in [1.29, 1.82) is 0 Å². The molecule has 0 unspecified atom stereocenters. The first-order valence-corrected chi connectivity index (χ1v) is 8.13. The van der Waals surface area contributed by atoms with Crippen LogP contribution in [0, 0.1) is 6.92 Å². The molecule has 3 aromatic heterocycles. The highest BCUT2D eigenvalue weighted by Gasteiger charge is 2.28. The van der Waals surface area contributed by atoms with E-state index >= 15 is 0 Å². The molecule has 8 nitrogen and oxygen atoms in total. The van der Waals surface area contributed by atoms with Crippen molar-refractivity contribution in [1.82, 2.24) is 24.3 Å². The molecule has 0 spiro atoms. The van der Waals surface area contributed by atoms with Crippen molar-refractivity contribution in [3.63, 3.8) is 0 Å². The lowest BCUT2D eigenvalue weighted by Gasteiger charge is -2.08. The predicted molar refractivity (Wildman–Crippen MR) is 92.7 cm³/mol. The van der Waals surface area contributed by atoms with E-state index in [1.165, 1.54) is 10.8 Å². The number of pyridine rings is 1. The molecule has 4 rings (SSSR count). The Morgan fingerprint density at radius 1 is 1.32 bits per heavy atom. The standard InChI is InChI=1S/C17H18N6O2/c1-9-13-11(16(24)20-14-17(25)22(2)7-6-18-14)8-12(10-4-5-10)19-15(13)23(3)21-9/h6-8,10H,4-5H2,1-3H3,(H,18,20,24). The van der Waals surface area contributed by atoms with Crippen molar-refractivity contribution in [3.8, 4) is 0 Å². The summed E-state index contributed by atoms with van der Waals surface area (Å²) in [6, 6.07) is 1.82. The van der Waals surface area contributed by atoms with Gasteiger partial charge in [-0.15, -0.1) is 0 Å². The highest BCUT2D eigenvalue weighted by atomic mass is 16.2. The summed E-state index contributed by atoms with van der Waals surface area (Å²) in [4.78, 5) is 33.7. The molecular formula is C17H18N6O2. The number of aryl methyl sites for hydroxylation is 3. The summed E-state index contributed by atoms with van der Waals surface area (Å²) in [6.45, 7) is 1.84. The number of nitrogens with zero attached hydrogens (tertiary/aromatic N) is 5. The summed E-state index contributed by atoms with van der Waals surface area (Å²) in [7, 11) is 3.43. The number of aromatic nitrogens is 5. The SMILES string of the molecule is Cc1nn(C)c2nc(C3CC3)cc(C(=O)Nc3nccn(C)c3=O)c12. The van der Waals surface area contributed by atoms with E-state index in [0.29, 0.717) is 22.5 Å². The highest BCUT2D eigenvalue weighted by Crippen LogP contribution is 2.40. The quantitative estimate of drug-likeness (QED) is 0.781. The van der Waals surface area contributed by atoms with Crippen molar-refractivity contribution in [2.24, 2.45) is 14.1 Å². The summed E-state index contributed by atoms with van der Waals surface area (Å²) >= 11 is 0. The lowest BCUT2D eigenvalue weighted by molar-refractivity contribution is 0.102. The maximum Gasteiger partial charge on any atom is 0.293 e. The molecular weight excluding hydrogens is 320 g/mol. The average Bonchev–Trinajstić information content (AvgIpc) is 3.38. The van der Waals surface area contributed by atoms with E-state index < -0.39 is 0 Å². The van der Waals surface area contributed by atoms with Gasteiger partial charge in [-0.2, -0.15) is 5.10 Å². The van der Waals surface area contributed by atoms with Crippen molar-refractivity contribution >= 4 is 22.8 Å². The Morgan fingerprint density at radius 3 is 2.80 bits per heavy atom. The van der Waals surface area contributed by atoms with Crippen LogP contribution in [0.5, 0.6) is 0 Å². The van der Waals surface area contributed by atoms with E-state index in [9.17, 15) is 9.59 Å². The maximum atomic E-state index is 12.9. The normalized spacial score (nSPS) is 14.0. The van der Waals surface area contributed by atoms with Crippen molar-refractivity contribution in [2.45, 2.75) is 25.7 Å². The monoisotopic (exact) mass is 338 g/mol. The van der Waals surface area contributed by atoms with Crippen molar-refractivity contribution < 1.29 is 4.79 Å². The van der Waals surface area contributed by atoms with Crippen LogP contribution in [0.15, 0.2) is 23.3 Å².